The largest absolute Gasteiger partial charge is 0.469 e. The van der Waals surface area contributed by atoms with Crippen LogP contribution < -0.4 is 10.6 Å². The summed E-state index contributed by atoms with van der Waals surface area (Å²) in [6.07, 6.45) is 1.09. The van der Waals surface area contributed by atoms with Gasteiger partial charge in [-0.05, 0) is 37.0 Å². The molecule has 26 heavy (non-hydrogen) atoms. The molecule has 0 spiro atoms. The van der Waals surface area contributed by atoms with Crippen LogP contribution in [0.15, 0.2) is 18.2 Å². The average molecular weight is 363 g/mol. The van der Waals surface area contributed by atoms with Crippen LogP contribution in [0.1, 0.15) is 18.4 Å². The van der Waals surface area contributed by atoms with Crippen LogP contribution in [0.2, 0.25) is 0 Å². The summed E-state index contributed by atoms with van der Waals surface area (Å²) in [6.45, 7) is 2.90. The van der Waals surface area contributed by atoms with Crippen molar-refractivity contribution in [2.24, 2.45) is 5.92 Å². The maximum absolute atomic E-state index is 12.5. The molecule has 0 bridgehead atoms. The highest BCUT2D eigenvalue weighted by molar-refractivity contribution is 5.95. The Hall–Kier alpha value is -2.61. The number of carbonyl (C=O) groups is 3. The van der Waals surface area contributed by atoms with Gasteiger partial charge in [0.05, 0.1) is 13.5 Å². The fourth-order valence-corrected chi connectivity index (χ4v) is 2.92. The molecule has 1 aliphatic rings. The van der Waals surface area contributed by atoms with Crippen LogP contribution in [0.25, 0.3) is 0 Å². The Balaban J connectivity index is 1.97. The minimum Gasteiger partial charge on any atom is -0.469 e. The van der Waals surface area contributed by atoms with Gasteiger partial charge >= 0.3 is 12.0 Å². The molecule has 8 nitrogen and oxygen atoms in total. The topological polar surface area (TPSA) is 97.0 Å². The molecule has 0 saturated carbocycles. The fraction of sp³-hybridized carbons (Fsp3) is 0.500. The molecule has 1 aliphatic heterocycles. The van der Waals surface area contributed by atoms with Crippen LogP contribution in [-0.2, 0) is 19.1 Å². The number of likely N-dealkylation sites (tertiary alicyclic amines) is 1. The minimum absolute atomic E-state index is 0.0363. The summed E-state index contributed by atoms with van der Waals surface area (Å²) in [5.41, 5.74) is 2.01. The van der Waals surface area contributed by atoms with E-state index in [1.807, 2.05) is 6.92 Å². The Labute approximate surface area is 152 Å². The van der Waals surface area contributed by atoms with E-state index in [2.05, 4.69) is 15.4 Å². The Morgan fingerprint density at radius 3 is 2.54 bits per heavy atom. The number of hydrogen-bond acceptors (Lipinski definition) is 5. The van der Waals surface area contributed by atoms with Crippen LogP contribution in [0.4, 0.5) is 16.2 Å². The van der Waals surface area contributed by atoms with E-state index in [-0.39, 0.29) is 30.4 Å². The zero-order valence-electron chi connectivity index (χ0n) is 15.3. The van der Waals surface area contributed by atoms with Gasteiger partial charge < -0.3 is 25.0 Å². The second-order valence-electron chi connectivity index (χ2n) is 6.27. The SMILES string of the molecule is COCC(=O)Nc1cccc(NC(=O)N2CC[C@@H](CC(=O)OC)C2)c1C. The first-order chi connectivity index (χ1) is 12.4. The normalized spacial score (nSPS) is 16.3. The molecule has 0 aliphatic carbocycles. The van der Waals surface area contributed by atoms with E-state index >= 15 is 0 Å². The lowest BCUT2D eigenvalue weighted by atomic mass is 10.1. The van der Waals surface area contributed by atoms with E-state index in [9.17, 15) is 14.4 Å². The number of urea groups is 1. The highest BCUT2D eigenvalue weighted by Crippen LogP contribution is 2.25. The summed E-state index contributed by atoms with van der Waals surface area (Å²) < 4.78 is 9.48. The Bertz CT molecular complexity index is 677. The number of nitrogens with one attached hydrogen (secondary N) is 2. The molecule has 3 amide bonds. The Morgan fingerprint density at radius 1 is 1.19 bits per heavy atom. The molecule has 1 heterocycles. The van der Waals surface area contributed by atoms with Crippen molar-refractivity contribution in [1.29, 1.82) is 0 Å². The number of ether oxygens (including phenoxy) is 2. The summed E-state index contributed by atoms with van der Waals surface area (Å²) in [5.74, 6) is -0.397. The molecule has 1 atom stereocenters. The standard InChI is InChI=1S/C18H25N3O5/c1-12-14(19-16(22)11-25-2)5-4-6-15(12)20-18(24)21-8-7-13(10-21)9-17(23)26-3/h4-6,13H,7-11H2,1-3H3,(H,19,22)(H,20,24)/t13-/m0/s1. The van der Waals surface area contributed by atoms with E-state index in [1.54, 1.807) is 23.1 Å². The second-order valence-corrected chi connectivity index (χ2v) is 6.27. The molecule has 2 rings (SSSR count). The monoisotopic (exact) mass is 363 g/mol. The maximum atomic E-state index is 12.5. The van der Waals surface area contributed by atoms with E-state index < -0.39 is 0 Å². The highest BCUT2D eigenvalue weighted by atomic mass is 16.5. The summed E-state index contributed by atoms with van der Waals surface area (Å²) in [5, 5.41) is 5.62. The Morgan fingerprint density at radius 2 is 1.88 bits per heavy atom. The number of benzene rings is 1. The molecule has 0 aromatic heterocycles. The quantitative estimate of drug-likeness (QED) is 0.754. The van der Waals surface area contributed by atoms with Crippen molar-refractivity contribution in [3.05, 3.63) is 23.8 Å². The molecule has 142 valence electrons. The number of esters is 1. The van der Waals surface area contributed by atoms with Crippen LogP contribution in [-0.4, -0.2) is 56.7 Å². The first-order valence-corrected chi connectivity index (χ1v) is 8.45. The smallest absolute Gasteiger partial charge is 0.321 e. The van der Waals surface area contributed by atoms with E-state index in [0.29, 0.717) is 30.9 Å². The molecule has 8 heteroatoms. The minimum atomic E-state index is -0.260. The van der Waals surface area contributed by atoms with E-state index in [4.69, 9.17) is 4.74 Å². The van der Waals surface area contributed by atoms with Crippen LogP contribution in [0.3, 0.4) is 0 Å². The van der Waals surface area contributed by atoms with E-state index in [0.717, 1.165) is 12.0 Å². The first-order valence-electron chi connectivity index (χ1n) is 8.45. The highest BCUT2D eigenvalue weighted by Gasteiger charge is 2.28. The van der Waals surface area contributed by atoms with Crippen molar-refractivity contribution in [2.45, 2.75) is 19.8 Å². The Kier molecular flexibility index (Phi) is 6.97. The van der Waals surface area contributed by atoms with Gasteiger partial charge in [-0.15, -0.1) is 0 Å². The average Bonchev–Trinajstić information content (AvgIpc) is 3.07. The third-order valence-electron chi connectivity index (χ3n) is 4.38. The predicted molar refractivity (Wildman–Crippen MR) is 97.0 cm³/mol. The fourth-order valence-electron chi connectivity index (χ4n) is 2.92. The third kappa shape index (κ3) is 5.19. The lowest BCUT2D eigenvalue weighted by molar-refractivity contribution is -0.141. The molecule has 1 aromatic rings. The zero-order chi connectivity index (χ0) is 19.1. The number of rotatable bonds is 6. The van der Waals surface area contributed by atoms with Crippen LogP contribution >= 0.6 is 0 Å². The van der Waals surface area contributed by atoms with Gasteiger partial charge in [0, 0.05) is 31.6 Å². The van der Waals surface area contributed by atoms with Crippen molar-refractivity contribution >= 4 is 29.3 Å². The van der Waals surface area contributed by atoms with Gasteiger partial charge in [-0.3, -0.25) is 9.59 Å². The van der Waals surface area contributed by atoms with Crippen LogP contribution in [0.5, 0.6) is 0 Å². The molecule has 1 saturated heterocycles. The number of amides is 3. The second kappa shape index (κ2) is 9.19. The third-order valence-corrected chi connectivity index (χ3v) is 4.38. The van der Waals surface area contributed by atoms with Crippen molar-refractivity contribution in [3.63, 3.8) is 0 Å². The van der Waals surface area contributed by atoms with Gasteiger partial charge in [0.1, 0.15) is 6.61 Å². The van der Waals surface area contributed by atoms with Gasteiger partial charge in [-0.25, -0.2) is 4.79 Å². The van der Waals surface area contributed by atoms with Gasteiger partial charge in [0.15, 0.2) is 0 Å². The van der Waals surface area contributed by atoms with Crippen molar-refractivity contribution in [1.82, 2.24) is 4.90 Å². The van der Waals surface area contributed by atoms with Gasteiger partial charge in [0.25, 0.3) is 0 Å². The van der Waals surface area contributed by atoms with Crippen molar-refractivity contribution in [2.75, 3.05) is 44.5 Å². The number of hydrogen-bond donors (Lipinski definition) is 2. The van der Waals surface area contributed by atoms with Gasteiger partial charge in [-0.2, -0.15) is 0 Å². The molecular weight excluding hydrogens is 338 g/mol. The molecule has 0 radical (unpaired) electrons. The van der Waals surface area contributed by atoms with Crippen molar-refractivity contribution in [3.8, 4) is 0 Å². The number of nitrogens with zero attached hydrogens (tertiary/aromatic N) is 1. The molecular formula is C18H25N3O5. The first kappa shape index (κ1) is 19.7. The maximum Gasteiger partial charge on any atom is 0.321 e. The number of carbonyl (C=O) groups excluding carboxylic acids is 3. The molecule has 0 unspecified atom stereocenters. The molecule has 2 N–H and O–H groups in total. The summed E-state index contributed by atoms with van der Waals surface area (Å²) >= 11 is 0. The summed E-state index contributed by atoms with van der Waals surface area (Å²) in [7, 11) is 2.82. The molecule has 1 fully saturated rings. The summed E-state index contributed by atoms with van der Waals surface area (Å²) in [4.78, 5) is 37.2. The summed E-state index contributed by atoms with van der Waals surface area (Å²) in [6, 6.07) is 5.08. The number of methoxy groups -OCH3 is 2. The lowest BCUT2D eigenvalue weighted by Gasteiger charge is -2.19. The number of anilines is 2. The van der Waals surface area contributed by atoms with Crippen LogP contribution in [0, 0.1) is 12.8 Å². The van der Waals surface area contributed by atoms with Crippen molar-refractivity contribution < 1.29 is 23.9 Å². The van der Waals surface area contributed by atoms with Gasteiger partial charge in [0.2, 0.25) is 5.91 Å². The zero-order valence-corrected chi connectivity index (χ0v) is 15.3. The van der Waals surface area contributed by atoms with E-state index in [1.165, 1.54) is 14.2 Å². The lowest BCUT2D eigenvalue weighted by Crippen LogP contribution is -2.33. The van der Waals surface area contributed by atoms with Gasteiger partial charge in [-0.1, -0.05) is 6.07 Å². The predicted octanol–water partition coefficient (Wildman–Crippen LogP) is 2.00. The molecule has 1 aromatic carbocycles.